The van der Waals surface area contributed by atoms with Gasteiger partial charge in [-0.25, -0.2) is 0 Å². The molecule has 1 aromatic heterocycles. The fourth-order valence-electron chi connectivity index (χ4n) is 2.63. The number of rotatable bonds is 2. The molecule has 1 atom stereocenters. The predicted octanol–water partition coefficient (Wildman–Crippen LogP) is 5.36. The average Bonchev–Trinajstić information content (AvgIpc) is 2.48. The predicted molar refractivity (Wildman–Crippen MR) is 69.0 cm³/mol. The Morgan fingerprint density at radius 1 is 1.27 bits per heavy atom. The zero-order valence-electron chi connectivity index (χ0n) is 9.47. The summed E-state index contributed by atoms with van der Waals surface area (Å²) in [7, 11) is 0. The highest BCUT2D eigenvalue weighted by atomic mass is 35.5. The average molecular weight is 263 g/mol. The lowest BCUT2D eigenvalue weighted by molar-refractivity contribution is 0.457. The van der Waals surface area contributed by atoms with Crippen molar-refractivity contribution in [2.24, 2.45) is 16.7 Å². The summed E-state index contributed by atoms with van der Waals surface area (Å²) in [5.74, 6) is 0.516. The van der Waals surface area contributed by atoms with Crippen LogP contribution in [-0.2, 0) is 0 Å². The van der Waals surface area contributed by atoms with Crippen LogP contribution in [-0.4, -0.2) is 0 Å². The van der Waals surface area contributed by atoms with E-state index < -0.39 is 0 Å². The Bertz CT molecular complexity index is 365. The number of hydrogen-bond donors (Lipinski definition) is 0. The summed E-state index contributed by atoms with van der Waals surface area (Å²) in [4.78, 5) is 1.13. The molecule has 0 aromatic carbocycles. The molecular formula is C12H16Cl2S. The molecule has 1 saturated carbocycles. The molecule has 0 amide bonds. The van der Waals surface area contributed by atoms with E-state index in [1.54, 1.807) is 11.3 Å². The van der Waals surface area contributed by atoms with Gasteiger partial charge in [0.1, 0.15) is 0 Å². The van der Waals surface area contributed by atoms with E-state index in [2.05, 4.69) is 27.7 Å². The SMILES string of the molecule is CC1(C)C(C(Cl)c2sccc2Cl)C1(C)C. The fraction of sp³-hybridized carbons (Fsp3) is 0.667. The van der Waals surface area contributed by atoms with E-state index in [1.165, 1.54) is 0 Å². The highest BCUT2D eigenvalue weighted by Crippen LogP contribution is 2.74. The van der Waals surface area contributed by atoms with Crippen LogP contribution in [0.4, 0.5) is 0 Å². The Morgan fingerprint density at radius 2 is 1.80 bits per heavy atom. The van der Waals surface area contributed by atoms with Crippen LogP contribution in [0.2, 0.25) is 5.02 Å². The Hall–Kier alpha value is 0.280. The van der Waals surface area contributed by atoms with Crippen molar-refractivity contribution in [3.63, 3.8) is 0 Å². The first-order chi connectivity index (χ1) is 6.80. The normalized spacial score (nSPS) is 25.2. The van der Waals surface area contributed by atoms with Gasteiger partial charge in [-0.05, 0) is 28.2 Å². The lowest BCUT2D eigenvalue weighted by Crippen LogP contribution is -1.97. The second-order valence-corrected chi connectivity index (χ2v) is 7.28. The molecule has 0 bridgehead atoms. The first-order valence-corrected chi connectivity index (χ1v) is 6.86. The molecule has 1 aliphatic rings. The molecule has 3 heteroatoms. The van der Waals surface area contributed by atoms with E-state index in [0.717, 1.165) is 9.90 Å². The molecule has 1 aliphatic carbocycles. The summed E-state index contributed by atoms with van der Waals surface area (Å²) in [6, 6.07) is 1.93. The number of halogens is 2. The molecule has 15 heavy (non-hydrogen) atoms. The van der Waals surface area contributed by atoms with Gasteiger partial charge in [-0.15, -0.1) is 22.9 Å². The standard InChI is InChI=1S/C12H16Cl2S/c1-11(2)10(12(11,3)4)8(14)9-7(13)5-6-15-9/h5-6,8,10H,1-4H3. The lowest BCUT2D eigenvalue weighted by atomic mass is 10.0. The molecule has 0 radical (unpaired) electrons. The molecule has 1 heterocycles. The van der Waals surface area contributed by atoms with Gasteiger partial charge >= 0.3 is 0 Å². The van der Waals surface area contributed by atoms with E-state index in [0.29, 0.717) is 16.7 Å². The minimum atomic E-state index is 0.0579. The molecule has 0 saturated heterocycles. The van der Waals surface area contributed by atoms with Crippen LogP contribution in [0.3, 0.4) is 0 Å². The number of hydrogen-bond acceptors (Lipinski definition) is 1. The second-order valence-electron chi connectivity index (χ2n) is 5.46. The van der Waals surface area contributed by atoms with Crippen LogP contribution in [0.5, 0.6) is 0 Å². The maximum Gasteiger partial charge on any atom is 0.0732 e. The van der Waals surface area contributed by atoms with Crippen LogP contribution < -0.4 is 0 Å². The van der Waals surface area contributed by atoms with Gasteiger partial charge in [-0.2, -0.15) is 0 Å². The molecule has 0 spiro atoms. The lowest BCUT2D eigenvalue weighted by Gasteiger charge is -2.10. The third kappa shape index (κ3) is 1.55. The van der Waals surface area contributed by atoms with E-state index in [4.69, 9.17) is 23.2 Å². The monoisotopic (exact) mass is 262 g/mol. The van der Waals surface area contributed by atoms with Gasteiger partial charge in [0.25, 0.3) is 0 Å². The molecule has 1 aromatic rings. The van der Waals surface area contributed by atoms with E-state index in [9.17, 15) is 0 Å². The summed E-state index contributed by atoms with van der Waals surface area (Å²) in [5, 5.41) is 2.89. The van der Waals surface area contributed by atoms with Crippen molar-refractivity contribution in [1.29, 1.82) is 0 Å². The quantitative estimate of drug-likeness (QED) is 0.630. The Labute approximate surface area is 106 Å². The van der Waals surface area contributed by atoms with Gasteiger partial charge in [0.15, 0.2) is 0 Å². The summed E-state index contributed by atoms with van der Waals surface area (Å²) < 4.78 is 0. The summed E-state index contributed by atoms with van der Waals surface area (Å²) in [6.07, 6.45) is 0. The maximum atomic E-state index is 6.55. The van der Waals surface area contributed by atoms with Gasteiger partial charge in [0.05, 0.1) is 10.4 Å². The van der Waals surface area contributed by atoms with Crippen molar-refractivity contribution >= 4 is 34.5 Å². The summed E-state index contributed by atoms with van der Waals surface area (Å²) >= 11 is 14.3. The van der Waals surface area contributed by atoms with Crippen LogP contribution in [0, 0.1) is 16.7 Å². The molecule has 0 aliphatic heterocycles. The van der Waals surface area contributed by atoms with Gasteiger partial charge in [-0.1, -0.05) is 39.3 Å². The zero-order chi connectivity index (χ0) is 11.4. The highest BCUT2D eigenvalue weighted by Gasteiger charge is 2.67. The van der Waals surface area contributed by atoms with Gasteiger partial charge in [-0.3, -0.25) is 0 Å². The third-order valence-corrected chi connectivity index (χ3v) is 6.36. The third-order valence-electron chi connectivity index (χ3n) is 4.32. The van der Waals surface area contributed by atoms with Crippen LogP contribution in [0.15, 0.2) is 11.4 Å². The van der Waals surface area contributed by atoms with Gasteiger partial charge in [0.2, 0.25) is 0 Å². The Kier molecular flexibility index (Phi) is 2.65. The molecule has 1 unspecified atom stereocenters. The van der Waals surface area contributed by atoms with Crippen molar-refractivity contribution in [3.05, 3.63) is 21.3 Å². The van der Waals surface area contributed by atoms with E-state index in [1.807, 2.05) is 11.4 Å². The van der Waals surface area contributed by atoms with E-state index >= 15 is 0 Å². The first kappa shape index (κ1) is 11.8. The van der Waals surface area contributed by atoms with Crippen molar-refractivity contribution in [3.8, 4) is 0 Å². The maximum absolute atomic E-state index is 6.55. The van der Waals surface area contributed by atoms with Crippen molar-refractivity contribution in [2.45, 2.75) is 33.1 Å². The molecule has 0 nitrogen and oxygen atoms in total. The molecule has 2 rings (SSSR count). The minimum Gasteiger partial charge on any atom is -0.146 e. The molecular weight excluding hydrogens is 247 g/mol. The van der Waals surface area contributed by atoms with Crippen LogP contribution >= 0.6 is 34.5 Å². The van der Waals surface area contributed by atoms with Crippen molar-refractivity contribution in [1.82, 2.24) is 0 Å². The smallest absolute Gasteiger partial charge is 0.0732 e. The highest BCUT2D eigenvalue weighted by molar-refractivity contribution is 7.11. The van der Waals surface area contributed by atoms with Crippen molar-refractivity contribution < 1.29 is 0 Å². The fourth-order valence-corrected chi connectivity index (χ4v) is 4.78. The first-order valence-electron chi connectivity index (χ1n) is 5.17. The van der Waals surface area contributed by atoms with Crippen LogP contribution in [0.25, 0.3) is 0 Å². The minimum absolute atomic E-state index is 0.0579. The van der Waals surface area contributed by atoms with E-state index in [-0.39, 0.29) is 5.38 Å². The van der Waals surface area contributed by atoms with Gasteiger partial charge in [0, 0.05) is 4.88 Å². The van der Waals surface area contributed by atoms with Crippen molar-refractivity contribution in [2.75, 3.05) is 0 Å². The molecule has 84 valence electrons. The second kappa shape index (κ2) is 3.38. The number of alkyl halides is 1. The summed E-state index contributed by atoms with van der Waals surface area (Å²) in [5.41, 5.74) is 0.624. The Balaban J connectivity index is 2.26. The van der Waals surface area contributed by atoms with Crippen LogP contribution in [0.1, 0.15) is 37.9 Å². The Morgan fingerprint density at radius 3 is 2.13 bits per heavy atom. The largest absolute Gasteiger partial charge is 0.146 e. The van der Waals surface area contributed by atoms with Gasteiger partial charge < -0.3 is 0 Å². The molecule has 1 fully saturated rings. The summed E-state index contributed by atoms with van der Waals surface area (Å²) in [6.45, 7) is 9.15. The number of thiophene rings is 1. The topological polar surface area (TPSA) is 0 Å². The zero-order valence-corrected chi connectivity index (χ0v) is 11.8. The molecule has 0 N–H and O–H groups in total.